The molecule has 0 saturated heterocycles. The Hall–Kier alpha value is -2.71. The zero-order valence-electron chi connectivity index (χ0n) is 14.6. The highest BCUT2D eigenvalue weighted by molar-refractivity contribution is 7.18. The molecule has 4 heterocycles. The molecule has 0 spiro atoms. The number of carboxylic acid groups (broad SMARTS) is 1. The number of hydrogen-bond donors (Lipinski definition) is 1. The molecule has 0 fully saturated rings. The topological polar surface area (TPSA) is 85.3 Å². The van der Waals surface area contributed by atoms with Crippen LogP contribution in [0, 0.1) is 0 Å². The summed E-state index contributed by atoms with van der Waals surface area (Å²) in [5, 5.41) is 13.6. The van der Waals surface area contributed by atoms with E-state index in [0.717, 1.165) is 10.4 Å². The van der Waals surface area contributed by atoms with Gasteiger partial charge in [-0.3, -0.25) is 9.36 Å². The van der Waals surface area contributed by atoms with Gasteiger partial charge < -0.3 is 9.52 Å². The highest BCUT2D eigenvalue weighted by Gasteiger charge is 2.20. The number of aromatic nitrogens is 2. The van der Waals surface area contributed by atoms with Crippen LogP contribution in [0.5, 0.6) is 0 Å². The van der Waals surface area contributed by atoms with E-state index in [4.69, 9.17) is 14.5 Å². The lowest BCUT2D eigenvalue weighted by Crippen LogP contribution is -2.26. The maximum absolute atomic E-state index is 13.4. The minimum absolute atomic E-state index is 0.0308. The van der Waals surface area contributed by atoms with Crippen molar-refractivity contribution in [2.75, 3.05) is 0 Å². The third-order valence-electron chi connectivity index (χ3n) is 4.21. The lowest BCUT2D eigenvalue weighted by molar-refractivity contribution is 0.0660. The molecule has 8 heteroatoms. The molecular formula is C19H16N2O4S2. The van der Waals surface area contributed by atoms with Gasteiger partial charge in [0, 0.05) is 21.7 Å². The molecule has 4 rings (SSSR count). The van der Waals surface area contributed by atoms with Gasteiger partial charge in [0.05, 0.1) is 11.9 Å². The van der Waals surface area contributed by atoms with Crippen molar-refractivity contribution < 1.29 is 14.3 Å². The number of aromatic carboxylic acids is 1. The van der Waals surface area contributed by atoms with Crippen LogP contribution in [0.3, 0.4) is 0 Å². The number of carbonyl (C=O) groups is 1. The zero-order chi connectivity index (χ0) is 19.1. The van der Waals surface area contributed by atoms with Crippen molar-refractivity contribution in [2.45, 2.75) is 26.3 Å². The number of nitrogens with zero attached hydrogens (tertiary/aromatic N) is 2. The summed E-state index contributed by atoms with van der Waals surface area (Å²) >= 11 is 3.04. The Bertz CT molecular complexity index is 1180. The average Bonchev–Trinajstić information content (AvgIpc) is 3.36. The Balaban J connectivity index is 1.90. The fourth-order valence-corrected chi connectivity index (χ4v) is 4.74. The van der Waals surface area contributed by atoms with Gasteiger partial charge >= 0.3 is 5.97 Å². The van der Waals surface area contributed by atoms with Crippen molar-refractivity contribution in [2.24, 2.45) is 0 Å². The standard InChI is InChI=1S/C19H16N2O4S2/c1-10(2)16-20-17-15(12(9-27-17)14-4-3-7-26-14)18(22)21(16)8-11-5-6-13(25-11)19(23)24/h3-7,9-10H,8H2,1-2H3,(H,23,24). The van der Waals surface area contributed by atoms with Gasteiger partial charge in [-0.2, -0.15) is 0 Å². The monoisotopic (exact) mass is 400 g/mol. The summed E-state index contributed by atoms with van der Waals surface area (Å²) in [5.41, 5.74) is 0.749. The van der Waals surface area contributed by atoms with Gasteiger partial charge in [-0.15, -0.1) is 22.7 Å². The number of hydrogen-bond acceptors (Lipinski definition) is 6. The van der Waals surface area contributed by atoms with Gasteiger partial charge in [0.15, 0.2) is 0 Å². The van der Waals surface area contributed by atoms with Crippen LogP contribution in [0.2, 0.25) is 0 Å². The van der Waals surface area contributed by atoms with E-state index >= 15 is 0 Å². The quantitative estimate of drug-likeness (QED) is 0.527. The SMILES string of the molecule is CC(C)c1nc2scc(-c3cccs3)c2c(=O)n1Cc1ccc(C(=O)O)o1. The molecule has 4 aromatic rings. The van der Waals surface area contributed by atoms with E-state index in [1.165, 1.54) is 17.4 Å². The van der Waals surface area contributed by atoms with Crippen molar-refractivity contribution in [1.29, 1.82) is 0 Å². The first-order valence-corrected chi connectivity index (χ1v) is 10.1. The number of carboxylic acids is 1. The van der Waals surface area contributed by atoms with E-state index in [0.29, 0.717) is 21.8 Å². The molecule has 1 N–H and O–H groups in total. The summed E-state index contributed by atoms with van der Waals surface area (Å²) < 4.78 is 6.94. The molecule has 0 unspecified atom stereocenters. The summed E-state index contributed by atoms with van der Waals surface area (Å²) in [4.78, 5) is 30.9. The molecule has 4 aromatic heterocycles. The summed E-state index contributed by atoms with van der Waals surface area (Å²) in [6.07, 6.45) is 0. The van der Waals surface area contributed by atoms with Gasteiger partial charge in [-0.25, -0.2) is 9.78 Å². The van der Waals surface area contributed by atoms with Crippen LogP contribution in [0.25, 0.3) is 20.7 Å². The number of fused-ring (bicyclic) bond motifs is 1. The van der Waals surface area contributed by atoms with Gasteiger partial charge in [-0.05, 0) is 23.6 Å². The second-order valence-corrected chi connectivity index (χ2v) is 8.20. The van der Waals surface area contributed by atoms with Crippen LogP contribution in [0.4, 0.5) is 0 Å². The molecule has 0 bridgehead atoms. The normalized spacial score (nSPS) is 11.5. The molecular weight excluding hydrogens is 384 g/mol. The molecule has 27 heavy (non-hydrogen) atoms. The minimum Gasteiger partial charge on any atom is -0.475 e. The summed E-state index contributed by atoms with van der Waals surface area (Å²) in [6.45, 7) is 4.09. The van der Waals surface area contributed by atoms with Crippen molar-refractivity contribution in [3.05, 3.63) is 62.7 Å². The number of rotatable bonds is 5. The summed E-state index contributed by atoms with van der Waals surface area (Å²) in [7, 11) is 0. The molecule has 6 nitrogen and oxygen atoms in total. The van der Waals surface area contributed by atoms with Crippen molar-refractivity contribution in [3.63, 3.8) is 0 Å². The lowest BCUT2D eigenvalue weighted by atomic mass is 10.1. The van der Waals surface area contributed by atoms with Crippen LogP contribution in [0.1, 0.15) is 41.9 Å². The third-order valence-corrected chi connectivity index (χ3v) is 5.99. The maximum Gasteiger partial charge on any atom is 0.371 e. The first-order valence-electron chi connectivity index (χ1n) is 8.33. The van der Waals surface area contributed by atoms with Crippen LogP contribution in [-0.4, -0.2) is 20.6 Å². The molecule has 138 valence electrons. The molecule has 0 aliphatic rings. The molecule has 0 atom stereocenters. The van der Waals surface area contributed by atoms with E-state index in [9.17, 15) is 9.59 Å². The van der Waals surface area contributed by atoms with Crippen molar-refractivity contribution in [1.82, 2.24) is 9.55 Å². The Morgan fingerprint density at radius 1 is 1.30 bits per heavy atom. The molecule has 0 aromatic carbocycles. The smallest absolute Gasteiger partial charge is 0.371 e. The molecule has 0 radical (unpaired) electrons. The van der Waals surface area contributed by atoms with E-state index in [-0.39, 0.29) is 23.8 Å². The first kappa shape index (κ1) is 17.7. The third kappa shape index (κ3) is 3.11. The van der Waals surface area contributed by atoms with Gasteiger partial charge in [-0.1, -0.05) is 19.9 Å². The summed E-state index contributed by atoms with van der Waals surface area (Å²) in [6, 6.07) is 6.91. The highest BCUT2D eigenvalue weighted by Crippen LogP contribution is 2.34. The molecule has 0 saturated carbocycles. The number of thiophene rings is 2. The predicted molar refractivity (Wildman–Crippen MR) is 106 cm³/mol. The largest absolute Gasteiger partial charge is 0.475 e. The van der Waals surface area contributed by atoms with E-state index in [1.54, 1.807) is 22.0 Å². The minimum atomic E-state index is -1.14. The van der Waals surface area contributed by atoms with E-state index in [2.05, 4.69) is 0 Å². The average molecular weight is 400 g/mol. The lowest BCUT2D eigenvalue weighted by Gasteiger charge is -2.14. The Labute approximate surface area is 162 Å². The fourth-order valence-electron chi connectivity index (χ4n) is 2.98. The van der Waals surface area contributed by atoms with Gasteiger partial charge in [0.1, 0.15) is 16.4 Å². The Kier molecular flexibility index (Phi) is 4.45. The fraction of sp³-hybridized carbons (Fsp3) is 0.211. The van der Waals surface area contributed by atoms with Crippen LogP contribution < -0.4 is 5.56 Å². The van der Waals surface area contributed by atoms with E-state index in [1.807, 2.05) is 36.7 Å². The first-order chi connectivity index (χ1) is 13.0. The predicted octanol–water partition coefficient (Wildman–Crippen LogP) is 4.65. The Morgan fingerprint density at radius 3 is 2.74 bits per heavy atom. The molecule has 0 amide bonds. The molecule has 0 aliphatic carbocycles. The molecule has 0 aliphatic heterocycles. The summed E-state index contributed by atoms with van der Waals surface area (Å²) in [5.74, 6) is -0.189. The van der Waals surface area contributed by atoms with Gasteiger partial charge in [0.25, 0.3) is 5.56 Å². The highest BCUT2D eigenvalue weighted by atomic mass is 32.1. The van der Waals surface area contributed by atoms with E-state index < -0.39 is 5.97 Å². The zero-order valence-corrected chi connectivity index (χ0v) is 16.3. The van der Waals surface area contributed by atoms with Crippen molar-refractivity contribution >= 4 is 38.9 Å². The second kappa shape index (κ2) is 6.79. The Morgan fingerprint density at radius 2 is 2.11 bits per heavy atom. The van der Waals surface area contributed by atoms with Gasteiger partial charge in [0.2, 0.25) is 5.76 Å². The van der Waals surface area contributed by atoms with Crippen LogP contribution >= 0.6 is 22.7 Å². The maximum atomic E-state index is 13.4. The second-order valence-electron chi connectivity index (χ2n) is 6.39. The number of furan rings is 1. The van der Waals surface area contributed by atoms with Crippen LogP contribution in [0.15, 0.2) is 44.2 Å². The van der Waals surface area contributed by atoms with Crippen molar-refractivity contribution in [3.8, 4) is 10.4 Å². The van der Waals surface area contributed by atoms with Crippen LogP contribution in [-0.2, 0) is 6.54 Å².